The third kappa shape index (κ3) is 4.51. The Morgan fingerprint density at radius 1 is 1.40 bits per heavy atom. The summed E-state index contributed by atoms with van der Waals surface area (Å²) in [5.41, 5.74) is 1.39. The van der Waals surface area contributed by atoms with Crippen LogP contribution in [0.25, 0.3) is 0 Å². The number of hydrogen-bond donors (Lipinski definition) is 2. The van der Waals surface area contributed by atoms with Crippen molar-refractivity contribution in [2.75, 3.05) is 33.2 Å². The van der Waals surface area contributed by atoms with Gasteiger partial charge >= 0.3 is 0 Å². The number of hydrogen-bond acceptors (Lipinski definition) is 4. The van der Waals surface area contributed by atoms with Gasteiger partial charge in [0.05, 0.1) is 5.69 Å². The zero-order chi connectivity index (χ0) is 14.4. The first kappa shape index (κ1) is 15.4. The van der Waals surface area contributed by atoms with Crippen LogP contribution in [0.3, 0.4) is 0 Å². The SMILES string of the molecule is CNCCN1CCC(NCc2cnc(C)c(F)c2)CC1. The Balaban J connectivity index is 1.71. The first-order valence-electron chi connectivity index (χ1n) is 7.40. The molecule has 0 amide bonds. The van der Waals surface area contributed by atoms with Crippen LogP contribution in [-0.4, -0.2) is 49.2 Å². The Morgan fingerprint density at radius 3 is 2.80 bits per heavy atom. The number of piperidine rings is 1. The van der Waals surface area contributed by atoms with Crippen molar-refractivity contribution in [1.29, 1.82) is 0 Å². The van der Waals surface area contributed by atoms with Crippen LogP contribution in [-0.2, 0) is 6.54 Å². The van der Waals surface area contributed by atoms with E-state index >= 15 is 0 Å². The summed E-state index contributed by atoms with van der Waals surface area (Å²) in [5.74, 6) is -0.216. The van der Waals surface area contributed by atoms with E-state index in [0.29, 0.717) is 18.3 Å². The highest BCUT2D eigenvalue weighted by Gasteiger charge is 2.18. The number of halogens is 1. The molecule has 0 atom stereocenters. The minimum Gasteiger partial charge on any atom is -0.318 e. The van der Waals surface area contributed by atoms with E-state index in [9.17, 15) is 4.39 Å². The fourth-order valence-electron chi connectivity index (χ4n) is 2.54. The average Bonchev–Trinajstić information content (AvgIpc) is 2.47. The lowest BCUT2D eigenvalue weighted by molar-refractivity contribution is 0.199. The molecule has 20 heavy (non-hydrogen) atoms. The van der Waals surface area contributed by atoms with E-state index < -0.39 is 0 Å². The Morgan fingerprint density at radius 2 is 2.15 bits per heavy atom. The van der Waals surface area contributed by atoms with Crippen molar-refractivity contribution in [2.45, 2.75) is 32.4 Å². The molecule has 1 aromatic rings. The van der Waals surface area contributed by atoms with Gasteiger partial charge in [0, 0.05) is 31.9 Å². The Hall–Kier alpha value is -1.04. The van der Waals surface area contributed by atoms with Gasteiger partial charge in [0.1, 0.15) is 5.82 Å². The smallest absolute Gasteiger partial charge is 0.144 e. The predicted molar refractivity (Wildman–Crippen MR) is 79.2 cm³/mol. The standard InChI is InChI=1S/C15H25FN4/c1-12-15(16)9-13(10-18-12)11-19-14-3-6-20(7-4-14)8-5-17-2/h9-10,14,17,19H,3-8,11H2,1-2H3. The van der Waals surface area contributed by atoms with Gasteiger partial charge in [0.25, 0.3) is 0 Å². The number of nitrogens with one attached hydrogen (secondary N) is 2. The van der Waals surface area contributed by atoms with Crippen molar-refractivity contribution >= 4 is 0 Å². The average molecular weight is 280 g/mol. The Labute approximate surface area is 120 Å². The lowest BCUT2D eigenvalue weighted by Crippen LogP contribution is -2.44. The van der Waals surface area contributed by atoms with Gasteiger partial charge in [0.15, 0.2) is 0 Å². The molecule has 2 N–H and O–H groups in total. The van der Waals surface area contributed by atoms with Crippen molar-refractivity contribution in [2.24, 2.45) is 0 Å². The maximum Gasteiger partial charge on any atom is 0.144 e. The van der Waals surface area contributed by atoms with Crippen molar-refractivity contribution in [3.63, 3.8) is 0 Å². The molecule has 1 saturated heterocycles. The Kier molecular flexibility index (Phi) is 5.88. The molecule has 1 aliphatic rings. The summed E-state index contributed by atoms with van der Waals surface area (Å²) < 4.78 is 13.4. The van der Waals surface area contributed by atoms with Crippen LogP contribution in [0.1, 0.15) is 24.1 Å². The molecule has 0 unspecified atom stereocenters. The first-order valence-corrected chi connectivity index (χ1v) is 7.40. The highest BCUT2D eigenvalue weighted by atomic mass is 19.1. The van der Waals surface area contributed by atoms with E-state index in [0.717, 1.165) is 44.6 Å². The predicted octanol–water partition coefficient (Wildman–Crippen LogP) is 1.30. The number of nitrogens with zero attached hydrogens (tertiary/aromatic N) is 2. The van der Waals surface area contributed by atoms with E-state index in [4.69, 9.17) is 0 Å². The van der Waals surface area contributed by atoms with E-state index in [1.54, 1.807) is 19.2 Å². The maximum atomic E-state index is 13.4. The van der Waals surface area contributed by atoms with Crippen molar-refractivity contribution in [1.82, 2.24) is 20.5 Å². The van der Waals surface area contributed by atoms with Crippen LogP contribution in [0.5, 0.6) is 0 Å². The van der Waals surface area contributed by atoms with Crippen LogP contribution in [0.15, 0.2) is 12.3 Å². The minimum atomic E-state index is -0.216. The van der Waals surface area contributed by atoms with Crippen molar-refractivity contribution in [3.8, 4) is 0 Å². The van der Waals surface area contributed by atoms with Crippen molar-refractivity contribution in [3.05, 3.63) is 29.3 Å². The fourth-order valence-corrected chi connectivity index (χ4v) is 2.54. The molecule has 0 radical (unpaired) electrons. The summed E-state index contributed by atoms with van der Waals surface area (Å²) in [4.78, 5) is 6.55. The van der Waals surface area contributed by atoms with Crippen LogP contribution in [0.2, 0.25) is 0 Å². The van der Waals surface area contributed by atoms with Crippen LogP contribution < -0.4 is 10.6 Å². The number of aromatic nitrogens is 1. The molecule has 1 aliphatic heterocycles. The van der Waals surface area contributed by atoms with Gasteiger partial charge in [-0.3, -0.25) is 4.98 Å². The molecule has 5 heteroatoms. The zero-order valence-corrected chi connectivity index (χ0v) is 12.5. The molecule has 0 bridgehead atoms. The third-order valence-corrected chi connectivity index (χ3v) is 3.94. The van der Waals surface area contributed by atoms with Gasteiger partial charge < -0.3 is 15.5 Å². The highest BCUT2D eigenvalue weighted by molar-refractivity contribution is 5.15. The zero-order valence-electron chi connectivity index (χ0n) is 12.5. The number of pyridine rings is 1. The quantitative estimate of drug-likeness (QED) is 0.824. The molecule has 1 aromatic heterocycles. The molecule has 0 saturated carbocycles. The molecular weight excluding hydrogens is 255 g/mol. The fraction of sp³-hybridized carbons (Fsp3) is 0.667. The molecule has 0 aliphatic carbocycles. The molecular formula is C15H25FN4. The van der Waals surface area contributed by atoms with E-state index in [-0.39, 0.29) is 5.82 Å². The summed E-state index contributed by atoms with van der Waals surface area (Å²) in [6.07, 6.45) is 4.07. The molecule has 0 spiro atoms. The number of rotatable bonds is 6. The van der Waals surface area contributed by atoms with Crippen LogP contribution in [0, 0.1) is 12.7 Å². The van der Waals surface area contributed by atoms with Crippen LogP contribution in [0.4, 0.5) is 4.39 Å². The topological polar surface area (TPSA) is 40.2 Å². The second-order valence-electron chi connectivity index (χ2n) is 5.51. The maximum absolute atomic E-state index is 13.4. The lowest BCUT2D eigenvalue weighted by Gasteiger charge is -2.32. The monoisotopic (exact) mass is 280 g/mol. The van der Waals surface area contributed by atoms with Crippen LogP contribution >= 0.6 is 0 Å². The molecule has 2 heterocycles. The molecule has 112 valence electrons. The third-order valence-electron chi connectivity index (χ3n) is 3.94. The number of likely N-dealkylation sites (N-methyl/N-ethyl adjacent to an activating group) is 1. The van der Waals surface area contributed by atoms with Gasteiger partial charge in [-0.15, -0.1) is 0 Å². The summed E-state index contributed by atoms with van der Waals surface area (Å²) in [6, 6.07) is 2.11. The summed E-state index contributed by atoms with van der Waals surface area (Å²) in [7, 11) is 1.99. The van der Waals surface area contributed by atoms with E-state index in [2.05, 4.69) is 20.5 Å². The highest BCUT2D eigenvalue weighted by Crippen LogP contribution is 2.11. The van der Waals surface area contributed by atoms with Gasteiger partial charge in [0.2, 0.25) is 0 Å². The molecule has 0 aromatic carbocycles. The largest absolute Gasteiger partial charge is 0.318 e. The minimum absolute atomic E-state index is 0.216. The second-order valence-corrected chi connectivity index (χ2v) is 5.51. The summed E-state index contributed by atoms with van der Waals surface area (Å²) in [6.45, 7) is 6.83. The van der Waals surface area contributed by atoms with Gasteiger partial charge in [-0.1, -0.05) is 0 Å². The summed E-state index contributed by atoms with van der Waals surface area (Å²) in [5, 5.41) is 6.70. The van der Waals surface area contributed by atoms with Gasteiger partial charge in [-0.25, -0.2) is 4.39 Å². The van der Waals surface area contributed by atoms with Gasteiger partial charge in [-0.05, 0) is 51.5 Å². The number of likely N-dealkylation sites (tertiary alicyclic amines) is 1. The van der Waals surface area contributed by atoms with Gasteiger partial charge in [-0.2, -0.15) is 0 Å². The lowest BCUT2D eigenvalue weighted by atomic mass is 10.0. The number of aryl methyl sites for hydroxylation is 1. The molecule has 4 nitrogen and oxygen atoms in total. The van der Waals surface area contributed by atoms with E-state index in [1.807, 2.05) is 7.05 Å². The Bertz CT molecular complexity index is 416. The normalized spacial score (nSPS) is 17.6. The van der Waals surface area contributed by atoms with E-state index in [1.165, 1.54) is 0 Å². The second kappa shape index (κ2) is 7.67. The van der Waals surface area contributed by atoms with Crippen molar-refractivity contribution < 1.29 is 4.39 Å². The first-order chi connectivity index (χ1) is 9.69. The molecule has 2 rings (SSSR count). The summed E-state index contributed by atoms with van der Waals surface area (Å²) >= 11 is 0. The molecule has 1 fully saturated rings.